The van der Waals surface area contributed by atoms with Crippen molar-refractivity contribution in [1.29, 1.82) is 0 Å². The van der Waals surface area contributed by atoms with Gasteiger partial charge in [-0.15, -0.1) is 12.8 Å². The lowest BCUT2D eigenvalue weighted by Crippen LogP contribution is -2.45. The van der Waals surface area contributed by atoms with Crippen LogP contribution in [0.15, 0.2) is 36.4 Å². The lowest BCUT2D eigenvalue weighted by molar-refractivity contribution is -0.169. The Hall–Kier alpha value is -3.64. The first-order valence-corrected chi connectivity index (χ1v) is 8.48. The van der Waals surface area contributed by atoms with E-state index < -0.39 is 29.0 Å². The molecule has 0 unspecified atom stereocenters. The number of benzene rings is 2. The summed E-state index contributed by atoms with van der Waals surface area (Å²) in [6.07, 6.45) is 10.3. The molecule has 0 heterocycles. The average molecular weight is 396 g/mol. The highest BCUT2D eigenvalue weighted by Crippen LogP contribution is 2.34. The molecule has 0 N–H and O–H groups in total. The Kier molecular flexibility index (Phi) is 6.75. The summed E-state index contributed by atoms with van der Waals surface area (Å²) in [7, 11) is 2.20. The Balaban J connectivity index is 2.70. The number of hydrogen-bond donors (Lipinski definition) is 0. The number of methoxy groups -OCH3 is 2. The van der Waals surface area contributed by atoms with Crippen LogP contribution in [-0.2, 0) is 31.9 Å². The van der Waals surface area contributed by atoms with Crippen LogP contribution in [0.5, 0.6) is 0 Å². The lowest BCUT2D eigenvalue weighted by Gasteiger charge is -2.29. The minimum atomic E-state index is -1.96. The molecule has 0 aliphatic rings. The summed E-state index contributed by atoms with van der Waals surface area (Å²) < 4.78 is 37.4. The Labute approximate surface area is 167 Å². The van der Waals surface area contributed by atoms with Gasteiger partial charge in [-0.3, -0.25) is 9.59 Å². The molecule has 0 saturated carbocycles. The van der Waals surface area contributed by atoms with E-state index >= 15 is 0 Å². The summed E-state index contributed by atoms with van der Waals surface area (Å²) in [5, 5.41) is 0. The van der Waals surface area contributed by atoms with E-state index in [-0.39, 0.29) is 24.0 Å². The molecule has 0 aromatic heterocycles. The van der Waals surface area contributed by atoms with Crippen molar-refractivity contribution in [2.24, 2.45) is 5.41 Å². The summed E-state index contributed by atoms with van der Waals surface area (Å²) in [5.41, 5.74) is -0.925. The largest absolute Gasteiger partial charge is 0.468 e. The Bertz CT molecular complexity index is 945. The molecule has 2 aromatic rings. The monoisotopic (exact) mass is 396 g/mol. The third-order valence-electron chi connectivity index (χ3n) is 4.58. The Morgan fingerprint density at radius 2 is 1.24 bits per heavy atom. The maximum absolute atomic E-state index is 13.8. The van der Waals surface area contributed by atoms with Gasteiger partial charge in [0.25, 0.3) is 0 Å². The van der Waals surface area contributed by atoms with Crippen molar-refractivity contribution in [2.45, 2.75) is 12.8 Å². The first-order chi connectivity index (χ1) is 13.8. The molecule has 0 spiro atoms. The van der Waals surface area contributed by atoms with Crippen molar-refractivity contribution in [3.8, 4) is 24.7 Å². The number of terminal acetylenes is 2. The molecule has 4 nitrogen and oxygen atoms in total. The van der Waals surface area contributed by atoms with Crippen molar-refractivity contribution in [3.63, 3.8) is 0 Å². The van der Waals surface area contributed by atoms with E-state index in [2.05, 4.69) is 11.8 Å². The summed E-state index contributed by atoms with van der Waals surface area (Å²) in [6, 6.07) is 7.31. The van der Waals surface area contributed by atoms with Gasteiger partial charge in [-0.1, -0.05) is 11.8 Å². The predicted octanol–water partition coefficient (Wildman–Crippen LogP) is 3.05. The maximum atomic E-state index is 13.8. The third-order valence-corrected chi connectivity index (χ3v) is 4.58. The van der Waals surface area contributed by atoms with Gasteiger partial charge in [0, 0.05) is 24.0 Å². The molecule has 0 amide bonds. The van der Waals surface area contributed by atoms with E-state index in [0.29, 0.717) is 11.1 Å². The fourth-order valence-electron chi connectivity index (χ4n) is 3.17. The molecule has 0 radical (unpaired) electrons. The van der Waals surface area contributed by atoms with Crippen molar-refractivity contribution in [1.82, 2.24) is 0 Å². The van der Waals surface area contributed by atoms with E-state index in [1.165, 1.54) is 24.3 Å². The summed E-state index contributed by atoms with van der Waals surface area (Å²) in [6.45, 7) is 0. The van der Waals surface area contributed by atoms with Crippen molar-refractivity contribution in [2.75, 3.05) is 14.2 Å². The quantitative estimate of drug-likeness (QED) is 0.428. The van der Waals surface area contributed by atoms with E-state index in [1.54, 1.807) is 0 Å². The fourth-order valence-corrected chi connectivity index (χ4v) is 3.17. The Morgan fingerprint density at radius 3 is 1.55 bits per heavy atom. The molecule has 29 heavy (non-hydrogen) atoms. The highest BCUT2D eigenvalue weighted by molar-refractivity contribution is 6.00. The number of carbonyl (C=O) groups is 2. The highest BCUT2D eigenvalue weighted by atomic mass is 19.1. The van der Waals surface area contributed by atoms with Gasteiger partial charge in [-0.2, -0.15) is 0 Å². The maximum Gasteiger partial charge on any atom is 0.323 e. The Morgan fingerprint density at radius 1 is 0.862 bits per heavy atom. The minimum Gasteiger partial charge on any atom is -0.468 e. The van der Waals surface area contributed by atoms with Crippen LogP contribution >= 0.6 is 0 Å². The van der Waals surface area contributed by atoms with Gasteiger partial charge in [0.15, 0.2) is 5.41 Å². The summed E-state index contributed by atoms with van der Waals surface area (Å²) in [4.78, 5) is 25.6. The standard InChI is InChI=1S/C23H18F2O4/c1-5-15-7-9-19(24)11-17(15)13-23(21(26)28-3,22(27)29-4)14-18-12-20(25)10-8-16(18)6-2/h1-2,7-12H,13-14H2,3-4H3. The van der Waals surface area contributed by atoms with Gasteiger partial charge in [0.05, 0.1) is 14.2 Å². The second-order valence-electron chi connectivity index (χ2n) is 6.31. The SMILES string of the molecule is C#Cc1ccc(F)cc1CC(Cc1cc(F)ccc1C#C)(C(=O)OC)C(=O)OC. The number of esters is 2. The molecule has 0 fully saturated rings. The van der Waals surface area contributed by atoms with Crippen molar-refractivity contribution < 1.29 is 27.8 Å². The topological polar surface area (TPSA) is 52.6 Å². The van der Waals surface area contributed by atoms with E-state index in [9.17, 15) is 18.4 Å². The molecular formula is C23H18F2O4. The number of rotatable bonds is 6. The smallest absolute Gasteiger partial charge is 0.323 e. The van der Waals surface area contributed by atoms with Crippen LogP contribution in [-0.4, -0.2) is 26.2 Å². The molecule has 0 saturated heterocycles. The van der Waals surface area contributed by atoms with Crippen LogP contribution in [0.4, 0.5) is 8.78 Å². The zero-order valence-corrected chi connectivity index (χ0v) is 15.9. The zero-order valence-electron chi connectivity index (χ0n) is 15.9. The molecule has 0 aliphatic heterocycles. The highest BCUT2D eigenvalue weighted by Gasteiger charge is 2.49. The molecule has 2 rings (SSSR count). The van der Waals surface area contributed by atoms with E-state index in [1.807, 2.05) is 0 Å². The number of carbonyl (C=O) groups excluding carboxylic acids is 2. The molecule has 6 heteroatoms. The van der Waals surface area contributed by atoms with E-state index in [4.69, 9.17) is 22.3 Å². The molecule has 2 aromatic carbocycles. The van der Waals surface area contributed by atoms with Crippen molar-refractivity contribution >= 4 is 11.9 Å². The van der Waals surface area contributed by atoms with Gasteiger partial charge in [0.2, 0.25) is 0 Å². The molecule has 0 atom stereocenters. The van der Waals surface area contributed by atoms with Gasteiger partial charge in [-0.25, -0.2) is 8.78 Å². The molecule has 0 aliphatic carbocycles. The van der Waals surface area contributed by atoms with Gasteiger partial charge in [-0.05, 0) is 47.5 Å². The first kappa shape index (κ1) is 21.7. The van der Waals surface area contributed by atoms with Crippen LogP contribution in [0, 0.1) is 41.7 Å². The van der Waals surface area contributed by atoms with Crippen molar-refractivity contribution in [3.05, 3.63) is 70.3 Å². The first-order valence-electron chi connectivity index (χ1n) is 8.48. The van der Waals surface area contributed by atoms with Gasteiger partial charge < -0.3 is 9.47 Å². The van der Waals surface area contributed by atoms with Crippen LogP contribution in [0.1, 0.15) is 22.3 Å². The predicted molar refractivity (Wildman–Crippen MR) is 103 cm³/mol. The van der Waals surface area contributed by atoms with Crippen LogP contribution in [0.25, 0.3) is 0 Å². The fraction of sp³-hybridized carbons (Fsp3) is 0.217. The second-order valence-corrected chi connectivity index (χ2v) is 6.31. The molecule has 0 bridgehead atoms. The lowest BCUT2D eigenvalue weighted by atomic mass is 9.74. The van der Waals surface area contributed by atoms with Crippen LogP contribution < -0.4 is 0 Å². The number of halogens is 2. The summed E-state index contributed by atoms with van der Waals surface area (Å²) in [5.74, 6) is 1.70. The number of hydrogen-bond acceptors (Lipinski definition) is 4. The zero-order chi connectivity index (χ0) is 21.6. The number of ether oxygens (including phenoxy) is 2. The molecule has 148 valence electrons. The van der Waals surface area contributed by atoms with Crippen LogP contribution in [0.3, 0.4) is 0 Å². The summed E-state index contributed by atoms with van der Waals surface area (Å²) >= 11 is 0. The van der Waals surface area contributed by atoms with Gasteiger partial charge >= 0.3 is 11.9 Å². The normalized spacial score (nSPS) is 10.6. The molecular weight excluding hydrogens is 378 g/mol. The van der Waals surface area contributed by atoms with Crippen LogP contribution in [0.2, 0.25) is 0 Å². The van der Waals surface area contributed by atoms with E-state index in [0.717, 1.165) is 26.4 Å². The van der Waals surface area contributed by atoms with Gasteiger partial charge in [0.1, 0.15) is 11.6 Å². The minimum absolute atomic E-state index is 0.224. The third kappa shape index (κ3) is 4.44. The second kappa shape index (κ2) is 9.03. The average Bonchev–Trinajstić information content (AvgIpc) is 2.72.